The first-order chi connectivity index (χ1) is 11.0. The Hall–Kier alpha value is -2.61. The van der Waals surface area contributed by atoms with E-state index in [1.165, 1.54) is 11.0 Å². The van der Waals surface area contributed by atoms with Crippen molar-refractivity contribution in [2.45, 2.75) is 0 Å². The van der Waals surface area contributed by atoms with Gasteiger partial charge in [0.1, 0.15) is 11.4 Å². The smallest absolute Gasteiger partial charge is 0.293 e. The molecule has 0 radical (unpaired) electrons. The Morgan fingerprint density at radius 2 is 2.09 bits per heavy atom. The molecule has 1 aliphatic heterocycles. The summed E-state index contributed by atoms with van der Waals surface area (Å²) < 4.78 is 5.98. The lowest BCUT2D eigenvalue weighted by molar-refractivity contribution is -0.384. The minimum Gasteiger partial charge on any atom is -0.482 e. The summed E-state index contributed by atoms with van der Waals surface area (Å²) in [4.78, 5) is 23.9. The first kappa shape index (κ1) is 15.3. The van der Waals surface area contributed by atoms with Crippen LogP contribution in [0.5, 0.6) is 5.75 Å². The molecule has 2 aromatic carbocycles. The predicted octanol–water partition coefficient (Wildman–Crippen LogP) is 3.46. The van der Waals surface area contributed by atoms with Gasteiger partial charge in [-0.3, -0.25) is 14.9 Å². The number of nitro benzene ring substituents is 1. The fraction of sp³-hybridized carbons (Fsp3) is 0.133. The third-order valence-electron chi connectivity index (χ3n) is 3.48. The van der Waals surface area contributed by atoms with Crippen molar-refractivity contribution in [3.63, 3.8) is 0 Å². The van der Waals surface area contributed by atoms with Gasteiger partial charge in [0.25, 0.3) is 11.6 Å². The molecule has 1 heterocycles. The van der Waals surface area contributed by atoms with Crippen LogP contribution >= 0.6 is 15.9 Å². The molecule has 118 valence electrons. The van der Waals surface area contributed by atoms with Gasteiger partial charge in [-0.1, -0.05) is 15.9 Å². The Kier molecular flexibility index (Phi) is 3.91. The van der Waals surface area contributed by atoms with Crippen LogP contribution in [-0.4, -0.2) is 24.5 Å². The molecule has 0 unspecified atom stereocenters. The number of carbonyl (C=O) groups excluding carboxylic acids is 1. The van der Waals surface area contributed by atoms with Crippen LogP contribution in [-0.2, 0) is 4.79 Å². The van der Waals surface area contributed by atoms with E-state index in [-0.39, 0.29) is 18.2 Å². The second-order valence-corrected chi connectivity index (χ2v) is 5.88. The number of anilines is 3. The molecule has 0 aliphatic carbocycles. The van der Waals surface area contributed by atoms with E-state index < -0.39 is 4.92 Å². The average molecular weight is 378 g/mol. The number of nitrogens with one attached hydrogen (secondary N) is 1. The Labute approximate surface area is 140 Å². The van der Waals surface area contributed by atoms with Crippen molar-refractivity contribution in [2.75, 3.05) is 23.9 Å². The molecule has 7 nitrogen and oxygen atoms in total. The number of ether oxygens (including phenoxy) is 1. The Morgan fingerprint density at radius 1 is 1.30 bits per heavy atom. The zero-order chi connectivity index (χ0) is 16.6. The number of rotatable bonds is 3. The predicted molar refractivity (Wildman–Crippen MR) is 89.4 cm³/mol. The molecule has 0 bridgehead atoms. The summed E-state index contributed by atoms with van der Waals surface area (Å²) in [6.07, 6.45) is 0. The van der Waals surface area contributed by atoms with Crippen LogP contribution in [0.15, 0.2) is 40.9 Å². The molecular formula is C15H12BrN3O4. The fourth-order valence-electron chi connectivity index (χ4n) is 2.27. The lowest BCUT2D eigenvalue weighted by atomic mass is 10.2. The molecule has 23 heavy (non-hydrogen) atoms. The van der Waals surface area contributed by atoms with Gasteiger partial charge in [-0.05, 0) is 30.3 Å². The molecule has 0 saturated heterocycles. The Balaban J connectivity index is 1.96. The van der Waals surface area contributed by atoms with Crippen LogP contribution < -0.4 is 15.0 Å². The number of benzene rings is 2. The summed E-state index contributed by atoms with van der Waals surface area (Å²) >= 11 is 3.22. The second kappa shape index (κ2) is 5.88. The van der Waals surface area contributed by atoms with Crippen molar-refractivity contribution in [1.29, 1.82) is 0 Å². The first-order valence-corrected chi connectivity index (χ1v) is 7.49. The highest BCUT2D eigenvalue weighted by Crippen LogP contribution is 2.36. The van der Waals surface area contributed by atoms with Gasteiger partial charge in [0.15, 0.2) is 6.61 Å². The van der Waals surface area contributed by atoms with Gasteiger partial charge in [0, 0.05) is 23.3 Å². The molecule has 8 heteroatoms. The molecular weight excluding hydrogens is 366 g/mol. The fourth-order valence-corrected chi connectivity index (χ4v) is 2.62. The highest BCUT2D eigenvalue weighted by atomic mass is 79.9. The number of nitro groups is 1. The van der Waals surface area contributed by atoms with E-state index >= 15 is 0 Å². The van der Waals surface area contributed by atoms with Gasteiger partial charge in [0.05, 0.1) is 10.6 Å². The van der Waals surface area contributed by atoms with Gasteiger partial charge >= 0.3 is 0 Å². The molecule has 3 rings (SSSR count). The van der Waals surface area contributed by atoms with Gasteiger partial charge in [0.2, 0.25) is 0 Å². The number of carbonyl (C=O) groups is 1. The van der Waals surface area contributed by atoms with Gasteiger partial charge < -0.3 is 15.0 Å². The largest absolute Gasteiger partial charge is 0.482 e. The van der Waals surface area contributed by atoms with E-state index in [9.17, 15) is 14.9 Å². The molecule has 1 aliphatic rings. The zero-order valence-corrected chi connectivity index (χ0v) is 13.7. The van der Waals surface area contributed by atoms with Crippen LogP contribution in [0, 0.1) is 10.1 Å². The van der Waals surface area contributed by atoms with E-state index in [4.69, 9.17) is 4.74 Å². The summed E-state index contributed by atoms with van der Waals surface area (Å²) in [5.41, 5.74) is 1.56. The number of likely N-dealkylation sites (N-methyl/N-ethyl adjacent to an activating group) is 1. The SMILES string of the molecule is CN1C(=O)COc2ccc(Nc3ccc(Br)cc3[N+](=O)[O-])cc21. The van der Waals surface area contributed by atoms with Crippen LogP contribution in [0.2, 0.25) is 0 Å². The van der Waals surface area contributed by atoms with Crippen molar-refractivity contribution in [2.24, 2.45) is 0 Å². The standard InChI is InChI=1S/C15H12BrN3O4/c1-18-13-7-10(3-5-14(13)23-8-15(18)20)17-11-4-2-9(16)6-12(11)19(21)22/h2-7,17H,8H2,1H3. The summed E-state index contributed by atoms with van der Waals surface area (Å²) in [5, 5.41) is 14.2. The summed E-state index contributed by atoms with van der Waals surface area (Å²) in [5.74, 6) is 0.451. The van der Waals surface area contributed by atoms with E-state index in [0.29, 0.717) is 27.3 Å². The first-order valence-electron chi connectivity index (χ1n) is 6.70. The average Bonchev–Trinajstić information content (AvgIpc) is 2.53. The highest BCUT2D eigenvalue weighted by Gasteiger charge is 2.23. The number of nitrogens with zero attached hydrogens (tertiary/aromatic N) is 2. The molecule has 2 aromatic rings. The number of fused-ring (bicyclic) bond motifs is 1. The second-order valence-electron chi connectivity index (χ2n) is 4.97. The molecule has 0 spiro atoms. The minimum atomic E-state index is -0.454. The maximum absolute atomic E-state index is 11.7. The van der Waals surface area contributed by atoms with Crippen LogP contribution in [0.25, 0.3) is 0 Å². The maximum Gasteiger partial charge on any atom is 0.293 e. The maximum atomic E-state index is 11.7. The van der Waals surface area contributed by atoms with Crippen molar-refractivity contribution in [3.05, 3.63) is 51.0 Å². The summed E-state index contributed by atoms with van der Waals surface area (Å²) in [6, 6.07) is 9.96. The van der Waals surface area contributed by atoms with Gasteiger partial charge in [-0.2, -0.15) is 0 Å². The minimum absolute atomic E-state index is 0.00839. The molecule has 0 saturated carbocycles. The van der Waals surface area contributed by atoms with Crippen molar-refractivity contribution in [3.8, 4) is 5.75 Å². The van der Waals surface area contributed by atoms with Crippen molar-refractivity contribution in [1.82, 2.24) is 0 Å². The summed E-state index contributed by atoms with van der Waals surface area (Å²) in [7, 11) is 1.66. The molecule has 1 amide bonds. The van der Waals surface area contributed by atoms with Crippen LogP contribution in [0.1, 0.15) is 0 Å². The Bertz CT molecular complexity index is 809. The van der Waals surface area contributed by atoms with Crippen molar-refractivity contribution < 1.29 is 14.5 Å². The lowest BCUT2D eigenvalue weighted by Gasteiger charge is -2.26. The third kappa shape index (κ3) is 2.98. The van der Waals surface area contributed by atoms with E-state index in [1.54, 1.807) is 37.4 Å². The number of halogens is 1. The highest BCUT2D eigenvalue weighted by molar-refractivity contribution is 9.10. The zero-order valence-electron chi connectivity index (χ0n) is 12.1. The normalized spacial score (nSPS) is 13.3. The number of amides is 1. The van der Waals surface area contributed by atoms with E-state index in [1.807, 2.05) is 0 Å². The van der Waals surface area contributed by atoms with Crippen molar-refractivity contribution >= 4 is 44.6 Å². The van der Waals surface area contributed by atoms with Gasteiger partial charge in [-0.25, -0.2) is 0 Å². The molecule has 0 atom stereocenters. The molecule has 1 N–H and O–H groups in total. The number of hydrogen-bond donors (Lipinski definition) is 1. The summed E-state index contributed by atoms with van der Waals surface area (Å²) in [6.45, 7) is 0.00839. The van der Waals surface area contributed by atoms with E-state index in [0.717, 1.165) is 0 Å². The van der Waals surface area contributed by atoms with Crippen LogP contribution in [0.3, 0.4) is 0 Å². The number of hydrogen-bond acceptors (Lipinski definition) is 5. The molecule has 0 aromatic heterocycles. The Morgan fingerprint density at radius 3 is 2.83 bits per heavy atom. The topological polar surface area (TPSA) is 84.7 Å². The molecule has 0 fully saturated rings. The lowest BCUT2D eigenvalue weighted by Crippen LogP contribution is -2.35. The third-order valence-corrected chi connectivity index (χ3v) is 3.97. The van der Waals surface area contributed by atoms with Crippen LogP contribution in [0.4, 0.5) is 22.7 Å². The monoisotopic (exact) mass is 377 g/mol. The van der Waals surface area contributed by atoms with E-state index in [2.05, 4.69) is 21.2 Å². The quantitative estimate of drug-likeness (QED) is 0.653. The van der Waals surface area contributed by atoms with Gasteiger partial charge in [-0.15, -0.1) is 0 Å².